The molecular formula is C10H24O2S2. The predicted octanol–water partition coefficient (Wildman–Crippen LogP) is 2.24. The monoisotopic (exact) mass is 240 g/mol. The largest absolute Gasteiger partial charge is 0.396 e. The highest BCUT2D eigenvalue weighted by molar-refractivity contribution is 7.98. The molecule has 0 heterocycles. The van der Waals surface area contributed by atoms with Crippen LogP contribution in [-0.4, -0.2) is 47.4 Å². The van der Waals surface area contributed by atoms with E-state index in [2.05, 4.69) is 12.5 Å². The molecule has 0 aliphatic heterocycles. The standard InChI is InChI=1S/2C5H12OS/c2*1-7-5-3-2-4-6/h2*6H,2-5H2,1H3. The number of thioether (sulfide) groups is 2. The molecule has 88 valence electrons. The molecule has 0 bridgehead atoms. The third-order valence-corrected chi connectivity index (χ3v) is 2.91. The molecule has 0 atom stereocenters. The van der Waals surface area contributed by atoms with Gasteiger partial charge in [-0.25, -0.2) is 0 Å². The van der Waals surface area contributed by atoms with E-state index in [4.69, 9.17) is 10.2 Å². The maximum absolute atomic E-state index is 8.28. The van der Waals surface area contributed by atoms with Crippen LogP contribution in [0.1, 0.15) is 25.7 Å². The molecule has 0 saturated carbocycles. The smallest absolute Gasteiger partial charge is 0.0431 e. The summed E-state index contributed by atoms with van der Waals surface area (Å²) in [6.07, 6.45) is 8.38. The Morgan fingerprint density at radius 2 is 1.07 bits per heavy atom. The third-order valence-electron chi connectivity index (χ3n) is 1.51. The van der Waals surface area contributed by atoms with Gasteiger partial charge in [0, 0.05) is 13.2 Å². The zero-order chi connectivity index (χ0) is 11.1. The third kappa shape index (κ3) is 22.9. The summed E-state index contributed by atoms with van der Waals surface area (Å²) in [6, 6.07) is 0. The molecule has 0 unspecified atom stereocenters. The van der Waals surface area contributed by atoms with Gasteiger partial charge < -0.3 is 10.2 Å². The fraction of sp³-hybridized carbons (Fsp3) is 1.00. The topological polar surface area (TPSA) is 40.5 Å². The quantitative estimate of drug-likeness (QED) is 0.639. The summed E-state index contributed by atoms with van der Waals surface area (Å²) in [4.78, 5) is 0. The summed E-state index contributed by atoms with van der Waals surface area (Å²) in [5.74, 6) is 2.36. The van der Waals surface area contributed by atoms with E-state index in [9.17, 15) is 0 Å². The summed E-state index contributed by atoms with van der Waals surface area (Å²) in [6.45, 7) is 0.696. The Kier molecular flexibility index (Phi) is 23.4. The molecule has 0 radical (unpaired) electrons. The van der Waals surface area contributed by atoms with Gasteiger partial charge in [0.25, 0.3) is 0 Å². The highest BCUT2D eigenvalue weighted by Crippen LogP contribution is 1.97. The molecule has 0 aliphatic rings. The lowest BCUT2D eigenvalue weighted by atomic mass is 10.4. The van der Waals surface area contributed by atoms with Crippen LogP contribution in [0.3, 0.4) is 0 Å². The molecule has 0 rings (SSSR count). The first kappa shape index (κ1) is 17.0. The van der Waals surface area contributed by atoms with Gasteiger partial charge in [-0.15, -0.1) is 0 Å². The van der Waals surface area contributed by atoms with E-state index in [0.717, 1.165) is 25.7 Å². The molecular weight excluding hydrogens is 216 g/mol. The van der Waals surface area contributed by atoms with Gasteiger partial charge in [-0.3, -0.25) is 0 Å². The van der Waals surface area contributed by atoms with Crippen LogP contribution >= 0.6 is 23.5 Å². The zero-order valence-electron chi connectivity index (χ0n) is 9.37. The van der Waals surface area contributed by atoms with E-state index in [0.29, 0.717) is 13.2 Å². The Morgan fingerprint density at radius 3 is 1.29 bits per heavy atom. The molecule has 2 nitrogen and oxygen atoms in total. The second-order valence-corrected chi connectivity index (χ2v) is 4.82. The lowest BCUT2D eigenvalue weighted by Crippen LogP contribution is -1.83. The van der Waals surface area contributed by atoms with E-state index in [1.807, 2.05) is 23.5 Å². The molecule has 0 amide bonds. The van der Waals surface area contributed by atoms with Crippen molar-refractivity contribution in [3.8, 4) is 0 Å². The van der Waals surface area contributed by atoms with Crippen LogP contribution in [-0.2, 0) is 0 Å². The van der Waals surface area contributed by atoms with Crippen LogP contribution in [0.25, 0.3) is 0 Å². The molecule has 0 spiro atoms. The van der Waals surface area contributed by atoms with Crippen molar-refractivity contribution < 1.29 is 10.2 Å². The van der Waals surface area contributed by atoms with Gasteiger partial charge in [-0.1, -0.05) is 0 Å². The molecule has 0 aliphatic carbocycles. The molecule has 0 aromatic carbocycles. The number of hydrogen-bond donors (Lipinski definition) is 2. The van der Waals surface area contributed by atoms with Gasteiger partial charge in [0.1, 0.15) is 0 Å². The molecule has 0 aromatic heterocycles. The van der Waals surface area contributed by atoms with Crippen molar-refractivity contribution in [3.05, 3.63) is 0 Å². The van der Waals surface area contributed by atoms with Crippen molar-refractivity contribution in [2.45, 2.75) is 25.7 Å². The molecule has 0 aromatic rings. The molecule has 2 N–H and O–H groups in total. The summed E-state index contributed by atoms with van der Waals surface area (Å²) in [7, 11) is 0. The first-order valence-electron chi connectivity index (χ1n) is 5.03. The minimum absolute atomic E-state index is 0.348. The summed E-state index contributed by atoms with van der Waals surface area (Å²) in [5.41, 5.74) is 0. The molecule has 0 saturated heterocycles. The van der Waals surface area contributed by atoms with Crippen LogP contribution in [0.5, 0.6) is 0 Å². The van der Waals surface area contributed by atoms with E-state index in [1.165, 1.54) is 11.5 Å². The van der Waals surface area contributed by atoms with E-state index in [-0.39, 0.29) is 0 Å². The Labute approximate surface area is 96.9 Å². The molecule has 14 heavy (non-hydrogen) atoms. The summed E-state index contributed by atoms with van der Waals surface area (Å²) >= 11 is 3.66. The lowest BCUT2D eigenvalue weighted by molar-refractivity contribution is 0.287. The van der Waals surface area contributed by atoms with E-state index >= 15 is 0 Å². The van der Waals surface area contributed by atoms with Crippen LogP contribution in [0.2, 0.25) is 0 Å². The highest BCUT2D eigenvalue weighted by atomic mass is 32.2. The highest BCUT2D eigenvalue weighted by Gasteiger charge is 1.81. The normalized spacial score (nSPS) is 9.43. The van der Waals surface area contributed by atoms with Crippen LogP contribution < -0.4 is 0 Å². The van der Waals surface area contributed by atoms with Gasteiger partial charge in [-0.2, -0.15) is 23.5 Å². The number of aliphatic hydroxyl groups is 2. The maximum atomic E-state index is 8.28. The van der Waals surface area contributed by atoms with Crippen LogP contribution in [0, 0.1) is 0 Å². The first-order valence-corrected chi connectivity index (χ1v) is 7.81. The van der Waals surface area contributed by atoms with Gasteiger partial charge in [0.05, 0.1) is 0 Å². The van der Waals surface area contributed by atoms with Crippen LogP contribution in [0.15, 0.2) is 0 Å². The van der Waals surface area contributed by atoms with E-state index < -0.39 is 0 Å². The SMILES string of the molecule is CSCCCCO.CSCCCCO. The lowest BCUT2D eigenvalue weighted by Gasteiger charge is -1.90. The number of rotatable bonds is 8. The van der Waals surface area contributed by atoms with Crippen molar-refractivity contribution in [2.24, 2.45) is 0 Å². The Bertz CT molecular complexity index is 64.5. The van der Waals surface area contributed by atoms with E-state index in [1.54, 1.807) is 0 Å². The minimum Gasteiger partial charge on any atom is -0.396 e. The van der Waals surface area contributed by atoms with Crippen LogP contribution in [0.4, 0.5) is 0 Å². The van der Waals surface area contributed by atoms with Crippen molar-refractivity contribution in [1.82, 2.24) is 0 Å². The fourth-order valence-corrected chi connectivity index (χ4v) is 1.70. The van der Waals surface area contributed by atoms with Gasteiger partial charge in [0.15, 0.2) is 0 Å². The number of aliphatic hydroxyl groups excluding tert-OH is 2. The van der Waals surface area contributed by atoms with Gasteiger partial charge >= 0.3 is 0 Å². The Morgan fingerprint density at radius 1 is 0.714 bits per heavy atom. The average molecular weight is 240 g/mol. The second kappa shape index (κ2) is 19.2. The molecule has 4 heteroatoms. The summed E-state index contributed by atoms with van der Waals surface area (Å²) in [5, 5.41) is 16.6. The summed E-state index contributed by atoms with van der Waals surface area (Å²) < 4.78 is 0. The molecule has 0 fully saturated rings. The fourth-order valence-electron chi connectivity index (χ4n) is 0.716. The van der Waals surface area contributed by atoms with Gasteiger partial charge in [0.2, 0.25) is 0 Å². The average Bonchev–Trinajstić information content (AvgIpc) is 2.21. The van der Waals surface area contributed by atoms with Gasteiger partial charge in [-0.05, 0) is 49.7 Å². The zero-order valence-corrected chi connectivity index (χ0v) is 11.0. The van der Waals surface area contributed by atoms with Crippen molar-refractivity contribution in [3.63, 3.8) is 0 Å². The number of hydrogen-bond acceptors (Lipinski definition) is 4. The van der Waals surface area contributed by atoms with Crippen molar-refractivity contribution in [1.29, 1.82) is 0 Å². The maximum Gasteiger partial charge on any atom is 0.0431 e. The predicted molar refractivity (Wildman–Crippen MR) is 69.4 cm³/mol. The first-order chi connectivity index (χ1) is 6.83. The second-order valence-electron chi connectivity index (χ2n) is 2.85. The Balaban J connectivity index is 0. The Hall–Kier alpha value is 0.620. The van der Waals surface area contributed by atoms with Crippen molar-refractivity contribution in [2.75, 3.05) is 37.2 Å². The van der Waals surface area contributed by atoms with Crippen molar-refractivity contribution >= 4 is 23.5 Å². The minimum atomic E-state index is 0.348. The number of unbranched alkanes of at least 4 members (excludes halogenated alkanes) is 2.